The Hall–Kier alpha value is -0.120. The molecule has 0 aromatic heterocycles. The summed E-state index contributed by atoms with van der Waals surface area (Å²) in [5.74, 6) is 0. The van der Waals surface area contributed by atoms with E-state index in [0.29, 0.717) is 5.54 Å². The van der Waals surface area contributed by atoms with Crippen LogP contribution < -0.4 is 5.32 Å². The summed E-state index contributed by atoms with van der Waals surface area (Å²) in [7, 11) is 4.37. The van der Waals surface area contributed by atoms with E-state index in [9.17, 15) is 0 Å². The molecule has 1 saturated carbocycles. The lowest BCUT2D eigenvalue weighted by molar-refractivity contribution is -0.0432. The van der Waals surface area contributed by atoms with Crippen LogP contribution in [0.15, 0.2) is 0 Å². The van der Waals surface area contributed by atoms with Gasteiger partial charge in [-0.2, -0.15) is 0 Å². The van der Waals surface area contributed by atoms with E-state index in [1.807, 2.05) is 0 Å². The van der Waals surface area contributed by atoms with Gasteiger partial charge in [-0.1, -0.05) is 19.3 Å². The van der Waals surface area contributed by atoms with Crippen LogP contribution in [0.4, 0.5) is 0 Å². The molecule has 1 saturated heterocycles. The van der Waals surface area contributed by atoms with Crippen molar-refractivity contribution >= 4 is 0 Å². The van der Waals surface area contributed by atoms with E-state index < -0.39 is 0 Å². The molecule has 1 heterocycles. The van der Waals surface area contributed by atoms with Crippen molar-refractivity contribution in [1.29, 1.82) is 0 Å². The normalized spacial score (nSPS) is 30.6. The van der Waals surface area contributed by atoms with Gasteiger partial charge in [0.05, 0.1) is 0 Å². The number of nitrogens with zero attached hydrogens (tertiary/aromatic N) is 2. The van der Waals surface area contributed by atoms with Crippen LogP contribution in [0.25, 0.3) is 0 Å². The summed E-state index contributed by atoms with van der Waals surface area (Å²) in [4.78, 5) is 5.42. The van der Waals surface area contributed by atoms with Crippen LogP contribution in [-0.4, -0.2) is 61.2 Å². The van der Waals surface area contributed by atoms with E-state index in [1.54, 1.807) is 0 Å². The average Bonchev–Trinajstić information content (AvgIpc) is 2.38. The van der Waals surface area contributed by atoms with Crippen molar-refractivity contribution in [3.8, 4) is 0 Å². The molecule has 3 nitrogen and oxygen atoms in total. The van der Waals surface area contributed by atoms with E-state index in [0.717, 1.165) is 18.6 Å². The van der Waals surface area contributed by atoms with E-state index in [4.69, 9.17) is 0 Å². The summed E-state index contributed by atoms with van der Waals surface area (Å²) in [5.41, 5.74) is 0.340. The molecule has 1 atom stereocenters. The molecule has 2 fully saturated rings. The monoisotopic (exact) mass is 267 g/mol. The summed E-state index contributed by atoms with van der Waals surface area (Å²) in [5, 5.41) is 3.31. The molecule has 0 amide bonds. The Morgan fingerprint density at radius 3 is 2.47 bits per heavy atom. The molecule has 1 aliphatic heterocycles. The van der Waals surface area contributed by atoms with Gasteiger partial charge >= 0.3 is 0 Å². The SMILES string of the molecule is CNCCC1CN(C2CCCCC2)C(C)(C)CN1C. The number of piperazine rings is 1. The first-order valence-corrected chi connectivity index (χ1v) is 8.16. The summed E-state index contributed by atoms with van der Waals surface area (Å²) in [6, 6.07) is 1.57. The topological polar surface area (TPSA) is 18.5 Å². The minimum Gasteiger partial charge on any atom is -0.320 e. The van der Waals surface area contributed by atoms with Crippen molar-refractivity contribution in [1.82, 2.24) is 15.1 Å². The molecule has 0 bridgehead atoms. The Labute approximate surface area is 119 Å². The standard InChI is InChI=1S/C16H33N3/c1-16(2)13-18(4)15(10-11-17-3)12-19(16)14-8-6-5-7-9-14/h14-15,17H,5-13H2,1-4H3. The third kappa shape index (κ3) is 3.71. The fraction of sp³-hybridized carbons (Fsp3) is 1.00. The summed E-state index contributed by atoms with van der Waals surface area (Å²) in [6.45, 7) is 8.47. The lowest BCUT2D eigenvalue weighted by Gasteiger charge is -2.54. The van der Waals surface area contributed by atoms with Crippen molar-refractivity contribution in [3.05, 3.63) is 0 Å². The smallest absolute Gasteiger partial charge is 0.0283 e. The Bertz CT molecular complexity index is 271. The van der Waals surface area contributed by atoms with Gasteiger partial charge in [-0.05, 0) is 53.8 Å². The first-order valence-electron chi connectivity index (χ1n) is 8.16. The first kappa shape index (κ1) is 15.3. The van der Waals surface area contributed by atoms with Gasteiger partial charge < -0.3 is 10.2 Å². The molecule has 112 valence electrons. The highest BCUT2D eigenvalue weighted by molar-refractivity contribution is 4.97. The molecule has 1 unspecified atom stereocenters. The molecule has 2 aliphatic rings. The zero-order chi connectivity index (χ0) is 13.9. The molecule has 0 spiro atoms. The molecule has 0 aromatic rings. The largest absolute Gasteiger partial charge is 0.320 e. The van der Waals surface area contributed by atoms with Gasteiger partial charge in [0, 0.05) is 30.7 Å². The highest BCUT2D eigenvalue weighted by atomic mass is 15.3. The molecule has 0 aromatic carbocycles. The number of hydrogen-bond acceptors (Lipinski definition) is 3. The summed E-state index contributed by atoms with van der Waals surface area (Å²) >= 11 is 0. The maximum atomic E-state index is 3.31. The Kier molecular flexibility index (Phi) is 5.27. The van der Waals surface area contributed by atoms with Gasteiger partial charge in [-0.3, -0.25) is 4.90 Å². The minimum atomic E-state index is 0.340. The van der Waals surface area contributed by atoms with Crippen molar-refractivity contribution in [2.24, 2.45) is 0 Å². The van der Waals surface area contributed by atoms with E-state index in [1.165, 1.54) is 51.6 Å². The van der Waals surface area contributed by atoms with Crippen LogP contribution in [0, 0.1) is 0 Å². The molecular weight excluding hydrogens is 234 g/mol. The quantitative estimate of drug-likeness (QED) is 0.843. The molecule has 3 heteroatoms. The van der Waals surface area contributed by atoms with E-state index in [-0.39, 0.29) is 0 Å². The van der Waals surface area contributed by atoms with Crippen LogP contribution in [0.2, 0.25) is 0 Å². The molecule has 0 radical (unpaired) electrons. The maximum Gasteiger partial charge on any atom is 0.0283 e. The van der Waals surface area contributed by atoms with Crippen molar-refractivity contribution in [2.75, 3.05) is 33.7 Å². The maximum absolute atomic E-state index is 3.31. The Morgan fingerprint density at radius 1 is 1.16 bits per heavy atom. The lowest BCUT2D eigenvalue weighted by atomic mass is 9.87. The van der Waals surface area contributed by atoms with Crippen LogP contribution in [0.1, 0.15) is 52.4 Å². The van der Waals surface area contributed by atoms with Crippen LogP contribution in [0.3, 0.4) is 0 Å². The predicted molar refractivity (Wildman–Crippen MR) is 82.6 cm³/mol. The third-order valence-electron chi connectivity index (χ3n) is 5.19. The number of likely N-dealkylation sites (N-methyl/N-ethyl adjacent to an activating group) is 1. The van der Waals surface area contributed by atoms with Crippen LogP contribution >= 0.6 is 0 Å². The van der Waals surface area contributed by atoms with Crippen LogP contribution in [0.5, 0.6) is 0 Å². The number of rotatable bonds is 4. The third-order valence-corrected chi connectivity index (χ3v) is 5.19. The van der Waals surface area contributed by atoms with Gasteiger partial charge in [0.15, 0.2) is 0 Å². The minimum absolute atomic E-state index is 0.340. The highest BCUT2D eigenvalue weighted by Crippen LogP contribution is 2.32. The molecule has 19 heavy (non-hydrogen) atoms. The van der Waals surface area contributed by atoms with Gasteiger partial charge in [0.25, 0.3) is 0 Å². The second kappa shape index (κ2) is 6.55. The molecule has 1 N–H and O–H groups in total. The number of nitrogens with one attached hydrogen (secondary N) is 1. The number of hydrogen-bond donors (Lipinski definition) is 1. The summed E-state index contributed by atoms with van der Waals surface area (Å²) in [6.07, 6.45) is 8.44. The van der Waals surface area contributed by atoms with Crippen molar-refractivity contribution in [3.63, 3.8) is 0 Å². The average molecular weight is 267 g/mol. The van der Waals surface area contributed by atoms with Gasteiger partial charge in [-0.15, -0.1) is 0 Å². The Balaban J connectivity index is 2.01. The molecular formula is C16H33N3. The highest BCUT2D eigenvalue weighted by Gasteiger charge is 2.40. The van der Waals surface area contributed by atoms with Gasteiger partial charge in [-0.25, -0.2) is 0 Å². The van der Waals surface area contributed by atoms with E-state index in [2.05, 4.69) is 43.1 Å². The lowest BCUT2D eigenvalue weighted by Crippen LogP contribution is -2.65. The predicted octanol–water partition coefficient (Wildman–Crippen LogP) is 2.32. The van der Waals surface area contributed by atoms with Crippen LogP contribution in [-0.2, 0) is 0 Å². The van der Waals surface area contributed by atoms with Crippen molar-refractivity contribution < 1.29 is 0 Å². The molecule has 2 rings (SSSR count). The second-order valence-electron chi connectivity index (χ2n) is 7.22. The van der Waals surface area contributed by atoms with Crippen molar-refractivity contribution in [2.45, 2.75) is 70.0 Å². The van der Waals surface area contributed by atoms with Gasteiger partial charge in [0.1, 0.15) is 0 Å². The Morgan fingerprint density at radius 2 is 1.84 bits per heavy atom. The van der Waals surface area contributed by atoms with E-state index >= 15 is 0 Å². The zero-order valence-corrected chi connectivity index (χ0v) is 13.4. The molecule has 1 aliphatic carbocycles. The van der Waals surface area contributed by atoms with Gasteiger partial charge in [0.2, 0.25) is 0 Å². The zero-order valence-electron chi connectivity index (χ0n) is 13.4. The second-order valence-corrected chi connectivity index (χ2v) is 7.22. The first-order chi connectivity index (χ1) is 9.04. The summed E-state index contributed by atoms with van der Waals surface area (Å²) < 4.78 is 0. The fourth-order valence-electron chi connectivity index (χ4n) is 4.10. The fourth-order valence-corrected chi connectivity index (χ4v) is 4.10.